The van der Waals surface area contributed by atoms with Gasteiger partial charge in [0, 0.05) is 36.6 Å². The molecule has 1 amide bonds. The number of nitrogens with zero attached hydrogens (tertiary/aromatic N) is 4. The van der Waals surface area contributed by atoms with Gasteiger partial charge in [0.05, 0.1) is 5.92 Å². The molecular formula is C14H17N5OS. The largest absolute Gasteiger partial charge is 0.340 e. The summed E-state index contributed by atoms with van der Waals surface area (Å²) in [6, 6.07) is 1.79. The van der Waals surface area contributed by atoms with Crippen LogP contribution in [0.1, 0.15) is 17.7 Å². The first-order valence-corrected chi connectivity index (χ1v) is 7.79. The highest BCUT2D eigenvalue weighted by molar-refractivity contribution is 7.15. The van der Waals surface area contributed by atoms with Crippen molar-refractivity contribution in [1.82, 2.24) is 15.0 Å². The van der Waals surface area contributed by atoms with Crippen LogP contribution in [0.3, 0.4) is 0 Å². The minimum Gasteiger partial charge on any atom is -0.340 e. The van der Waals surface area contributed by atoms with E-state index in [-0.39, 0.29) is 11.8 Å². The Kier molecular flexibility index (Phi) is 4.10. The number of piperidine rings is 1. The summed E-state index contributed by atoms with van der Waals surface area (Å²) in [7, 11) is 0. The van der Waals surface area contributed by atoms with Crippen molar-refractivity contribution in [2.75, 3.05) is 23.3 Å². The van der Waals surface area contributed by atoms with E-state index in [4.69, 9.17) is 0 Å². The number of amides is 1. The molecule has 0 radical (unpaired) electrons. The van der Waals surface area contributed by atoms with E-state index in [1.165, 1.54) is 11.3 Å². The van der Waals surface area contributed by atoms with Gasteiger partial charge in [0.1, 0.15) is 0 Å². The molecule has 0 bridgehead atoms. The number of hydrogen-bond acceptors (Lipinski definition) is 6. The summed E-state index contributed by atoms with van der Waals surface area (Å²) in [5, 5.41) is 3.58. The molecule has 1 aliphatic rings. The number of carbonyl (C=O) groups is 1. The first kappa shape index (κ1) is 13.9. The van der Waals surface area contributed by atoms with Crippen LogP contribution in [0.15, 0.2) is 24.7 Å². The van der Waals surface area contributed by atoms with Crippen LogP contribution in [-0.2, 0) is 4.79 Å². The third-order valence-electron chi connectivity index (χ3n) is 3.48. The molecule has 0 aliphatic carbocycles. The second-order valence-electron chi connectivity index (χ2n) is 5.10. The van der Waals surface area contributed by atoms with Gasteiger partial charge >= 0.3 is 0 Å². The van der Waals surface area contributed by atoms with E-state index in [2.05, 4.69) is 25.2 Å². The molecule has 0 aromatic carbocycles. The Morgan fingerprint density at radius 3 is 2.90 bits per heavy atom. The van der Waals surface area contributed by atoms with Gasteiger partial charge in [-0.25, -0.2) is 15.0 Å². The minimum atomic E-state index is -0.0493. The first-order chi connectivity index (χ1) is 10.2. The van der Waals surface area contributed by atoms with Gasteiger partial charge in [-0.05, 0) is 25.8 Å². The van der Waals surface area contributed by atoms with Crippen LogP contribution < -0.4 is 10.2 Å². The standard InChI is InChI=1S/C14H17N5OS/c1-10-8-17-14(21-10)18-12(20)11-4-2-7-19(9-11)13-15-5-3-6-16-13/h3,5-6,8,11H,2,4,7,9H2,1H3,(H,17,18,20). The van der Waals surface area contributed by atoms with E-state index in [1.807, 2.05) is 6.92 Å². The van der Waals surface area contributed by atoms with Crippen molar-refractivity contribution in [2.45, 2.75) is 19.8 Å². The Balaban J connectivity index is 1.64. The van der Waals surface area contributed by atoms with Crippen molar-refractivity contribution in [1.29, 1.82) is 0 Å². The number of hydrogen-bond donors (Lipinski definition) is 1. The molecule has 1 atom stereocenters. The lowest BCUT2D eigenvalue weighted by molar-refractivity contribution is -0.120. The quantitative estimate of drug-likeness (QED) is 0.940. The van der Waals surface area contributed by atoms with Crippen LogP contribution in [0, 0.1) is 12.8 Å². The molecule has 1 N–H and O–H groups in total. The average Bonchev–Trinajstić information content (AvgIpc) is 2.93. The fourth-order valence-electron chi connectivity index (χ4n) is 2.45. The highest BCUT2D eigenvalue weighted by Gasteiger charge is 2.27. The van der Waals surface area contributed by atoms with E-state index in [0.717, 1.165) is 24.3 Å². The van der Waals surface area contributed by atoms with Gasteiger partial charge < -0.3 is 10.2 Å². The molecule has 7 heteroatoms. The Morgan fingerprint density at radius 1 is 1.38 bits per heavy atom. The zero-order valence-corrected chi connectivity index (χ0v) is 12.6. The Labute approximate surface area is 127 Å². The molecular weight excluding hydrogens is 286 g/mol. The smallest absolute Gasteiger partial charge is 0.231 e. The Bertz CT molecular complexity index is 615. The molecule has 110 valence electrons. The fraction of sp³-hybridized carbons (Fsp3) is 0.429. The van der Waals surface area contributed by atoms with Crippen molar-refractivity contribution < 1.29 is 4.79 Å². The van der Waals surface area contributed by atoms with Gasteiger partial charge in [-0.3, -0.25) is 4.79 Å². The number of rotatable bonds is 3. The maximum atomic E-state index is 12.3. The molecule has 0 saturated carbocycles. The average molecular weight is 303 g/mol. The van der Waals surface area contributed by atoms with Crippen molar-refractivity contribution >= 4 is 28.3 Å². The Morgan fingerprint density at radius 2 is 2.19 bits per heavy atom. The van der Waals surface area contributed by atoms with E-state index >= 15 is 0 Å². The fourth-order valence-corrected chi connectivity index (χ4v) is 3.11. The molecule has 0 spiro atoms. The lowest BCUT2D eigenvalue weighted by Crippen LogP contribution is -2.41. The van der Waals surface area contributed by atoms with E-state index in [9.17, 15) is 4.79 Å². The van der Waals surface area contributed by atoms with Gasteiger partial charge in [0.15, 0.2) is 5.13 Å². The summed E-state index contributed by atoms with van der Waals surface area (Å²) in [5.74, 6) is 0.678. The van der Waals surface area contributed by atoms with Gasteiger partial charge in [0.25, 0.3) is 0 Å². The summed E-state index contributed by atoms with van der Waals surface area (Å²) in [6.45, 7) is 3.52. The van der Waals surface area contributed by atoms with Crippen LogP contribution in [0.5, 0.6) is 0 Å². The van der Waals surface area contributed by atoms with Crippen LogP contribution in [0.25, 0.3) is 0 Å². The summed E-state index contributed by atoms with van der Waals surface area (Å²) < 4.78 is 0. The zero-order chi connectivity index (χ0) is 14.7. The van der Waals surface area contributed by atoms with E-state index < -0.39 is 0 Å². The second kappa shape index (κ2) is 6.17. The monoisotopic (exact) mass is 303 g/mol. The third kappa shape index (κ3) is 3.36. The maximum Gasteiger partial charge on any atom is 0.231 e. The number of thiazole rings is 1. The number of anilines is 2. The molecule has 3 heterocycles. The molecule has 21 heavy (non-hydrogen) atoms. The molecule has 2 aromatic heterocycles. The second-order valence-corrected chi connectivity index (χ2v) is 6.33. The first-order valence-electron chi connectivity index (χ1n) is 6.97. The SMILES string of the molecule is Cc1cnc(NC(=O)C2CCCN(c3ncccn3)C2)s1. The van der Waals surface area contributed by atoms with Gasteiger partial charge in [-0.2, -0.15) is 0 Å². The predicted molar refractivity (Wildman–Crippen MR) is 82.4 cm³/mol. The van der Waals surface area contributed by atoms with Crippen LogP contribution >= 0.6 is 11.3 Å². The van der Waals surface area contributed by atoms with Crippen molar-refractivity contribution in [2.24, 2.45) is 5.92 Å². The Hall–Kier alpha value is -2.02. The highest BCUT2D eigenvalue weighted by Crippen LogP contribution is 2.23. The summed E-state index contributed by atoms with van der Waals surface area (Å²) in [4.78, 5) is 28.2. The highest BCUT2D eigenvalue weighted by atomic mass is 32.1. The maximum absolute atomic E-state index is 12.3. The lowest BCUT2D eigenvalue weighted by Gasteiger charge is -2.31. The predicted octanol–water partition coefficient (Wildman–Crippen LogP) is 2.10. The molecule has 6 nitrogen and oxygen atoms in total. The number of aryl methyl sites for hydroxylation is 1. The van der Waals surface area contributed by atoms with E-state index in [0.29, 0.717) is 17.6 Å². The minimum absolute atomic E-state index is 0.0324. The lowest BCUT2D eigenvalue weighted by atomic mass is 9.97. The van der Waals surface area contributed by atoms with Crippen molar-refractivity contribution in [3.05, 3.63) is 29.5 Å². The molecule has 1 fully saturated rings. The normalized spacial score (nSPS) is 18.5. The van der Waals surface area contributed by atoms with Crippen molar-refractivity contribution in [3.8, 4) is 0 Å². The van der Waals surface area contributed by atoms with Gasteiger partial charge in [-0.15, -0.1) is 11.3 Å². The zero-order valence-electron chi connectivity index (χ0n) is 11.8. The van der Waals surface area contributed by atoms with E-state index in [1.54, 1.807) is 24.7 Å². The summed E-state index contributed by atoms with van der Waals surface area (Å²) >= 11 is 1.50. The van der Waals surface area contributed by atoms with Gasteiger partial charge in [-0.1, -0.05) is 0 Å². The number of aromatic nitrogens is 3. The molecule has 1 aliphatic heterocycles. The molecule has 2 aromatic rings. The van der Waals surface area contributed by atoms with Crippen LogP contribution in [0.4, 0.5) is 11.1 Å². The van der Waals surface area contributed by atoms with Crippen LogP contribution in [-0.4, -0.2) is 33.9 Å². The topological polar surface area (TPSA) is 71.0 Å². The van der Waals surface area contributed by atoms with Crippen molar-refractivity contribution in [3.63, 3.8) is 0 Å². The number of nitrogens with one attached hydrogen (secondary N) is 1. The molecule has 1 saturated heterocycles. The van der Waals surface area contributed by atoms with Gasteiger partial charge in [0.2, 0.25) is 11.9 Å². The number of carbonyl (C=O) groups excluding carboxylic acids is 1. The summed E-state index contributed by atoms with van der Waals surface area (Å²) in [5.41, 5.74) is 0. The molecule has 3 rings (SSSR count). The third-order valence-corrected chi connectivity index (χ3v) is 4.31. The summed E-state index contributed by atoms with van der Waals surface area (Å²) in [6.07, 6.45) is 7.08. The molecule has 1 unspecified atom stereocenters. The van der Waals surface area contributed by atoms with Crippen LogP contribution in [0.2, 0.25) is 0 Å².